The Kier molecular flexibility index (Phi) is 2.82. The van der Waals surface area contributed by atoms with Gasteiger partial charge in [-0.3, -0.25) is 0 Å². The molecule has 3 heteroatoms. The molecule has 0 radical (unpaired) electrons. The molecular weight excluding hydrogens is 134 g/mol. The van der Waals surface area contributed by atoms with E-state index in [-0.39, 0.29) is 0 Å². The molecule has 1 aliphatic heterocycles. The summed E-state index contributed by atoms with van der Waals surface area (Å²) < 4.78 is 7.06. The third-order valence-corrected chi connectivity index (χ3v) is 2.23. The highest BCUT2D eigenvalue weighted by molar-refractivity contribution is 7.77. The molecule has 9 heavy (non-hydrogen) atoms. The maximum Gasteiger partial charge on any atom is 0.0627 e. The van der Waals surface area contributed by atoms with Crippen molar-refractivity contribution in [3.05, 3.63) is 0 Å². The summed E-state index contributed by atoms with van der Waals surface area (Å²) in [6.07, 6.45) is 2.49. The average Bonchev–Trinajstić information content (AvgIpc) is 2.18. The van der Waals surface area contributed by atoms with Gasteiger partial charge in [0.05, 0.1) is 6.61 Å². The molecule has 1 fully saturated rings. The fourth-order valence-electron chi connectivity index (χ4n) is 1.18. The first-order valence-corrected chi connectivity index (χ1v) is 3.69. The van der Waals surface area contributed by atoms with E-state index in [1.807, 2.05) is 0 Å². The van der Waals surface area contributed by atoms with Gasteiger partial charge in [0, 0.05) is 19.7 Å². The number of rotatable bonds is 2. The summed E-state index contributed by atoms with van der Waals surface area (Å²) in [5.41, 5.74) is 0. The lowest BCUT2D eigenvalue weighted by Crippen LogP contribution is -2.24. The maximum absolute atomic E-state index is 5.01. The third kappa shape index (κ3) is 1.85. The fraction of sp³-hybridized carbons (Fsp3) is 1.00. The first-order chi connectivity index (χ1) is 4.34. The van der Waals surface area contributed by atoms with Crippen molar-refractivity contribution >= 4 is 12.8 Å². The molecule has 0 spiro atoms. The molecule has 0 N–H and O–H groups in total. The Morgan fingerprint density at radius 2 is 2.56 bits per heavy atom. The highest BCUT2D eigenvalue weighted by Crippen LogP contribution is 2.18. The predicted molar refractivity (Wildman–Crippen MR) is 40.6 cm³/mol. The van der Waals surface area contributed by atoms with Crippen LogP contribution in [0.15, 0.2) is 0 Å². The lowest BCUT2D eigenvalue weighted by atomic mass is 10.2. The van der Waals surface area contributed by atoms with Gasteiger partial charge in [0.2, 0.25) is 0 Å². The molecule has 0 saturated carbocycles. The van der Waals surface area contributed by atoms with Crippen LogP contribution < -0.4 is 0 Å². The number of hydrogen-bond acceptors (Lipinski definition) is 3. The van der Waals surface area contributed by atoms with Gasteiger partial charge >= 0.3 is 0 Å². The minimum absolute atomic E-state index is 0.554. The minimum atomic E-state index is 0.554. The topological polar surface area (TPSA) is 12.5 Å². The van der Waals surface area contributed by atoms with Gasteiger partial charge < -0.3 is 4.74 Å². The van der Waals surface area contributed by atoms with Crippen molar-refractivity contribution in [2.75, 3.05) is 20.3 Å². The number of ether oxygens (including phenoxy) is 1. The zero-order valence-electron chi connectivity index (χ0n) is 5.71. The normalized spacial score (nSPS) is 29.3. The van der Waals surface area contributed by atoms with E-state index in [2.05, 4.69) is 17.1 Å². The van der Waals surface area contributed by atoms with Gasteiger partial charge in [-0.05, 0) is 12.8 Å². The van der Waals surface area contributed by atoms with Gasteiger partial charge in [0.25, 0.3) is 0 Å². The van der Waals surface area contributed by atoms with Crippen LogP contribution >= 0.6 is 12.8 Å². The Morgan fingerprint density at radius 1 is 1.78 bits per heavy atom. The first-order valence-electron chi connectivity index (χ1n) is 3.29. The number of hydrogen-bond donors (Lipinski definition) is 1. The summed E-state index contributed by atoms with van der Waals surface area (Å²) in [6, 6.07) is 0.554. The standard InChI is InChI=1S/C6H13NOS/c1-8-5-6-3-2-4-7(6)9/h6,9H,2-5H2,1H3. The van der Waals surface area contributed by atoms with Crippen molar-refractivity contribution in [2.24, 2.45) is 0 Å². The van der Waals surface area contributed by atoms with Crippen LogP contribution in [0.25, 0.3) is 0 Å². The summed E-state index contributed by atoms with van der Waals surface area (Å²) in [7, 11) is 1.74. The lowest BCUT2D eigenvalue weighted by molar-refractivity contribution is 0.153. The molecule has 1 saturated heterocycles. The van der Waals surface area contributed by atoms with E-state index in [0.717, 1.165) is 13.2 Å². The van der Waals surface area contributed by atoms with E-state index < -0.39 is 0 Å². The fourth-order valence-corrected chi connectivity index (χ4v) is 1.51. The van der Waals surface area contributed by atoms with Crippen molar-refractivity contribution in [1.29, 1.82) is 0 Å². The smallest absolute Gasteiger partial charge is 0.0627 e. The molecule has 0 aromatic rings. The quantitative estimate of drug-likeness (QED) is 0.584. The molecular formula is C6H13NOS. The second-order valence-corrected chi connectivity index (χ2v) is 2.93. The van der Waals surface area contributed by atoms with Crippen molar-refractivity contribution in [3.8, 4) is 0 Å². The molecule has 54 valence electrons. The molecule has 0 amide bonds. The van der Waals surface area contributed by atoms with Crippen LogP contribution in [0.2, 0.25) is 0 Å². The van der Waals surface area contributed by atoms with E-state index in [1.165, 1.54) is 12.8 Å². The Bertz CT molecular complexity index is 89.1. The van der Waals surface area contributed by atoms with E-state index in [1.54, 1.807) is 7.11 Å². The number of methoxy groups -OCH3 is 1. The van der Waals surface area contributed by atoms with Crippen LogP contribution in [-0.2, 0) is 4.74 Å². The monoisotopic (exact) mass is 147 g/mol. The van der Waals surface area contributed by atoms with Crippen LogP contribution in [0.3, 0.4) is 0 Å². The van der Waals surface area contributed by atoms with Crippen LogP contribution in [0, 0.1) is 0 Å². The molecule has 0 bridgehead atoms. The molecule has 1 atom stereocenters. The largest absolute Gasteiger partial charge is 0.383 e. The Hall–Kier alpha value is 0.270. The van der Waals surface area contributed by atoms with Crippen molar-refractivity contribution in [1.82, 2.24) is 4.31 Å². The first kappa shape index (κ1) is 7.38. The Morgan fingerprint density at radius 3 is 3.00 bits per heavy atom. The van der Waals surface area contributed by atoms with Crippen molar-refractivity contribution in [2.45, 2.75) is 18.9 Å². The van der Waals surface area contributed by atoms with Gasteiger partial charge in [-0.15, -0.1) is 0 Å². The zero-order valence-corrected chi connectivity index (χ0v) is 6.60. The number of nitrogens with zero attached hydrogens (tertiary/aromatic N) is 1. The van der Waals surface area contributed by atoms with E-state index in [9.17, 15) is 0 Å². The molecule has 1 aliphatic rings. The minimum Gasteiger partial charge on any atom is -0.383 e. The van der Waals surface area contributed by atoms with Gasteiger partial charge in [0.15, 0.2) is 0 Å². The third-order valence-electron chi connectivity index (χ3n) is 1.71. The summed E-state index contributed by atoms with van der Waals surface area (Å²) in [5, 5.41) is 0. The van der Waals surface area contributed by atoms with Crippen LogP contribution in [0.1, 0.15) is 12.8 Å². The van der Waals surface area contributed by atoms with Gasteiger partial charge in [-0.25, -0.2) is 4.31 Å². The summed E-state index contributed by atoms with van der Waals surface area (Å²) in [5.74, 6) is 0. The molecule has 1 heterocycles. The Balaban J connectivity index is 2.22. The lowest BCUT2D eigenvalue weighted by Gasteiger charge is -2.15. The highest BCUT2D eigenvalue weighted by atomic mass is 32.1. The van der Waals surface area contributed by atoms with Gasteiger partial charge in [-0.2, -0.15) is 0 Å². The predicted octanol–water partition coefficient (Wildman–Crippen LogP) is 0.942. The van der Waals surface area contributed by atoms with Crippen molar-refractivity contribution < 1.29 is 4.74 Å². The summed E-state index contributed by atoms with van der Waals surface area (Å²) >= 11 is 4.27. The molecule has 1 rings (SSSR count). The molecule has 0 aliphatic carbocycles. The van der Waals surface area contributed by atoms with Crippen LogP contribution in [0.4, 0.5) is 0 Å². The molecule has 0 aromatic heterocycles. The van der Waals surface area contributed by atoms with E-state index in [0.29, 0.717) is 6.04 Å². The van der Waals surface area contributed by atoms with Crippen LogP contribution in [-0.4, -0.2) is 30.6 Å². The second-order valence-electron chi connectivity index (χ2n) is 2.41. The molecule has 1 unspecified atom stereocenters. The molecule has 0 aromatic carbocycles. The van der Waals surface area contributed by atoms with Gasteiger partial charge in [0.1, 0.15) is 0 Å². The zero-order chi connectivity index (χ0) is 6.69. The number of thiol groups is 1. The Labute approximate surface area is 61.7 Å². The summed E-state index contributed by atoms with van der Waals surface area (Å²) in [6.45, 7) is 1.93. The maximum atomic E-state index is 5.01. The van der Waals surface area contributed by atoms with E-state index >= 15 is 0 Å². The van der Waals surface area contributed by atoms with Crippen LogP contribution in [0.5, 0.6) is 0 Å². The second kappa shape index (κ2) is 3.44. The highest BCUT2D eigenvalue weighted by Gasteiger charge is 2.20. The van der Waals surface area contributed by atoms with Crippen molar-refractivity contribution in [3.63, 3.8) is 0 Å². The average molecular weight is 147 g/mol. The molecule has 2 nitrogen and oxygen atoms in total. The summed E-state index contributed by atoms with van der Waals surface area (Å²) in [4.78, 5) is 0. The van der Waals surface area contributed by atoms with E-state index in [4.69, 9.17) is 4.74 Å². The SMILES string of the molecule is COCC1CCCN1S. The van der Waals surface area contributed by atoms with Gasteiger partial charge in [-0.1, -0.05) is 12.8 Å².